The standard InChI is InChI=1S/C20H32N2O4/c23-17-16(13-22(18(17)24)15-9-5-2-6-10-15)20(26)11-12-21(19(20)25)14-7-3-1-4-8-14/h14-17,23,26H,1-13H2. The average molecular weight is 364 g/mol. The van der Waals surface area contributed by atoms with Gasteiger partial charge in [-0.15, -0.1) is 0 Å². The van der Waals surface area contributed by atoms with Crippen LogP contribution in [0.5, 0.6) is 0 Å². The number of aliphatic hydroxyl groups excluding tert-OH is 1. The average Bonchev–Trinajstić information content (AvgIpc) is 3.15. The van der Waals surface area contributed by atoms with E-state index < -0.39 is 17.6 Å². The Morgan fingerprint density at radius 3 is 1.96 bits per heavy atom. The number of amides is 2. The first-order chi connectivity index (χ1) is 12.5. The molecule has 3 atom stereocenters. The summed E-state index contributed by atoms with van der Waals surface area (Å²) in [7, 11) is 0. The third-order valence-electron chi connectivity index (χ3n) is 7.32. The molecule has 0 radical (unpaired) electrons. The maximum atomic E-state index is 13.1. The van der Waals surface area contributed by atoms with Gasteiger partial charge >= 0.3 is 0 Å². The van der Waals surface area contributed by atoms with Crippen molar-refractivity contribution in [3.8, 4) is 0 Å². The molecule has 0 aromatic carbocycles. The highest BCUT2D eigenvalue weighted by atomic mass is 16.3. The van der Waals surface area contributed by atoms with Gasteiger partial charge in [-0.3, -0.25) is 9.59 Å². The molecule has 4 fully saturated rings. The maximum Gasteiger partial charge on any atom is 0.255 e. The van der Waals surface area contributed by atoms with Crippen LogP contribution in [0.1, 0.15) is 70.6 Å². The first-order valence-corrected chi connectivity index (χ1v) is 10.5. The minimum atomic E-state index is -1.59. The second kappa shape index (κ2) is 7.12. The molecule has 4 rings (SSSR count). The number of nitrogens with zero attached hydrogens (tertiary/aromatic N) is 2. The molecule has 0 bridgehead atoms. The summed E-state index contributed by atoms with van der Waals surface area (Å²) in [6.45, 7) is 0.853. The number of hydrogen-bond acceptors (Lipinski definition) is 4. The molecule has 2 heterocycles. The molecule has 2 aliphatic heterocycles. The molecule has 6 nitrogen and oxygen atoms in total. The van der Waals surface area contributed by atoms with Crippen molar-refractivity contribution in [2.24, 2.45) is 5.92 Å². The first-order valence-electron chi connectivity index (χ1n) is 10.5. The predicted molar refractivity (Wildman–Crippen MR) is 96.2 cm³/mol. The van der Waals surface area contributed by atoms with E-state index in [1.54, 1.807) is 4.90 Å². The molecule has 2 amide bonds. The fraction of sp³-hybridized carbons (Fsp3) is 0.900. The van der Waals surface area contributed by atoms with E-state index in [9.17, 15) is 19.8 Å². The smallest absolute Gasteiger partial charge is 0.255 e. The van der Waals surface area contributed by atoms with E-state index in [0.717, 1.165) is 51.4 Å². The van der Waals surface area contributed by atoms with Crippen molar-refractivity contribution in [1.29, 1.82) is 0 Å². The van der Waals surface area contributed by atoms with Crippen LogP contribution in [0.4, 0.5) is 0 Å². The zero-order valence-corrected chi connectivity index (χ0v) is 15.6. The zero-order valence-electron chi connectivity index (χ0n) is 15.6. The minimum absolute atomic E-state index is 0.158. The van der Waals surface area contributed by atoms with Crippen LogP contribution in [0.25, 0.3) is 0 Å². The lowest BCUT2D eigenvalue weighted by atomic mass is 9.83. The molecular weight excluding hydrogens is 332 g/mol. The molecule has 2 N–H and O–H groups in total. The van der Waals surface area contributed by atoms with Crippen molar-refractivity contribution < 1.29 is 19.8 Å². The van der Waals surface area contributed by atoms with E-state index >= 15 is 0 Å². The molecular formula is C20H32N2O4. The van der Waals surface area contributed by atoms with Crippen molar-refractivity contribution in [3.63, 3.8) is 0 Å². The van der Waals surface area contributed by atoms with Crippen LogP contribution in [0.15, 0.2) is 0 Å². The number of carbonyl (C=O) groups is 2. The second-order valence-corrected chi connectivity index (χ2v) is 8.80. The number of hydrogen-bond donors (Lipinski definition) is 2. The van der Waals surface area contributed by atoms with E-state index in [1.165, 1.54) is 12.8 Å². The quantitative estimate of drug-likeness (QED) is 0.794. The Bertz CT molecular complexity index is 556. The van der Waals surface area contributed by atoms with E-state index in [4.69, 9.17) is 0 Å². The van der Waals surface area contributed by atoms with Crippen LogP contribution in [-0.4, -0.2) is 68.7 Å². The van der Waals surface area contributed by atoms with E-state index in [2.05, 4.69) is 0 Å². The van der Waals surface area contributed by atoms with Crippen molar-refractivity contribution in [3.05, 3.63) is 0 Å². The summed E-state index contributed by atoms with van der Waals surface area (Å²) < 4.78 is 0. The van der Waals surface area contributed by atoms with Gasteiger partial charge in [0.25, 0.3) is 11.8 Å². The SMILES string of the molecule is O=C1C(O)C(C2(O)CCN(C3CCCCC3)C2=O)CN1C1CCCCC1. The second-order valence-electron chi connectivity index (χ2n) is 8.80. The third-order valence-corrected chi connectivity index (χ3v) is 7.32. The Morgan fingerprint density at radius 1 is 0.846 bits per heavy atom. The van der Waals surface area contributed by atoms with Gasteiger partial charge in [0, 0.05) is 37.5 Å². The van der Waals surface area contributed by atoms with Gasteiger partial charge in [-0.05, 0) is 25.7 Å². The molecule has 146 valence electrons. The highest BCUT2D eigenvalue weighted by Crippen LogP contribution is 2.40. The van der Waals surface area contributed by atoms with Crippen molar-refractivity contribution in [1.82, 2.24) is 9.80 Å². The summed E-state index contributed by atoms with van der Waals surface area (Å²) in [5.41, 5.74) is -1.59. The van der Waals surface area contributed by atoms with Gasteiger partial charge < -0.3 is 20.0 Å². The number of rotatable bonds is 3. The monoisotopic (exact) mass is 364 g/mol. The summed E-state index contributed by atoms with van der Waals surface area (Å²) in [5.74, 6) is -1.25. The summed E-state index contributed by atoms with van der Waals surface area (Å²) in [4.78, 5) is 29.3. The van der Waals surface area contributed by atoms with E-state index in [1.807, 2.05) is 4.90 Å². The molecule has 0 aromatic rings. The Kier molecular flexibility index (Phi) is 4.99. The summed E-state index contributed by atoms with van der Waals surface area (Å²) >= 11 is 0. The van der Waals surface area contributed by atoms with E-state index in [-0.39, 0.29) is 23.9 Å². The maximum absolute atomic E-state index is 13.1. The number of carbonyl (C=O) groups excluding carboxylic acids is 2. The molecule has 2 saturated carbocycles. The Labute approximate surface area is 155 Å². The van der Waals surface area contributed by atoms with Gasteiger partial charge in [0.15, 0.2) is 5.60 Å². The zero-order chi connectivity index (χ0) is 18.3. The topological polar surface area (TPSA) is 81.1 Å². The summed E-state index contributed by atoms with van der Waals surface area (Å²) in [6, 6.07) is 0.374. The fourth-order valence-electron chi connectivity index (χ4n) is 5.71. The van der Waals surface area contributed by atoms with Gasteiger partial charge in [0.1, 0.15) is 6.10 Å². The van der Waals surface area contributed by atoms with Crippen LogP contribution in [0, 0.1) is 5.92 Å². The summed E-state index contributed by atoms with van der Waals surface area (Å²) in [5, 5.41) is 21.8. The number of aliphatic hydroxyl groups is 2. The molecule has 3 unspecified atom stereocenters. The molecule has 2 aliphatic carbocycles. The molecule has 2 saturated heterocycles. The lowest BCUT2D eigenvalue weighted by Gasteiger charge is -2.35. The normalized spacial score (nSPS) is 37.8. The number of likely N-dealkylation sites (tertiary alicyclic amines) is 2. The molecule has 26 heavy (non-hydrogen) atoms. The van der Waals surface area contributed by atoms with E-state index in [0.29, 0.717) is 19.5 Å². The molecule has 4 aliphatic rings. The minimum Gasteiger partial charge on any atom is -0.383 e. The fourth-order valence-corrected chi connectivity index (χ4v) is 5.71. The van der Waals surface area contributed by atoms with Crippen LogP contribution < -0.4 is 0 Å². The van der Waals surface area contributed by atoms with Gasteiger partial charge in [-0.25, -0.2) is 0 Å². The van der Waals surface area contributed by atoms with Crippen LogP contribution in [0.3, 0.4) is 0 Å². The highest BCUT2D eigenvalue weighted by molar-refractivity contribution is 5.91. The van der Waals surface area contributed by atoms with Crippen molar-refractivity contribution >= 4 is 11.8 Å². The third kappa shape index (κ3) is 2.95. The van der Waals surface area contributed by atoms with Gasteiger partial charge in [-0.2, -0.15) is 0 Å². The first kappa shape index (κ1) is 18.2. The Hall–Kier alpha value is -1.14. The van der Waals surface area contributed by atoms with Crippen LogP contribution in [-0.2, 0) is 9.59 Å². The molecule has 0 spiro atoms. The van der Waals surface area contributed by atoms with Gasteiger partial charge in [0.05, 0.1) is 0 Å². The lowest BCUT2D eigenvalue weighted by molar-refractivity contribution is -0.154. The molecule has 0 aromatic heterocycles. The predicted octanol–water partition coefficient (Wildman–Crippen LogP) is 1.43. The molecule has 6 heteroatoms. The van der Waals surface area contributed by atoms with Crippen LogP contribution >= 0.6 is 0 Å². The lowest BCUT2D eigenvalue weighted by Crippen LogP contribution is -2.52. The van der Waals surface area contributed by atoms with Crippen molar-refractivity contribution in [2.45, 2.75) is 94.4 Å². The Balaban J connectivity index is 1.49. The Morgan fingerprint density at radius 2 is 1.38 bits per heavy atom. The largest absolute Gasteiger partial charge is 0.383 e. The van der Waals surface area contributed by atoms with Gasteiger partial charge in [0.2, 0.25) is 0 Å². The van der Waals surface area contributed by atoms with Crippen molar-refractivity contribution in [2.75, 3.05) is 13.1 Å². The van der Waals surface area contributed by atoms with Gasteiger partial charge in [-0.1, -0.05) is 38.5 Å². The van der Waals surface area contributed by atoms with Crippen LogP contribution in [0.2, 0.25) is 0 Å². The highest BCUT2D eigenvalue weighted by Gasteiger charge is 2.59. The summed E-state index contributed by atoms with van der Waals surface area (Å²) in [6.07, 6.45) is 9.90.